The molecule has 0 aromatic carbocycles. The molecule has 1 unspecified atom stereocenters. The molecule has 1 saturated heterocycles. The third-order valence-electron chi connectivity index (χ3n) is 3.99. The van der Waals surface area contributed by atoms with E-state index in [1.54, 1.807) is 0 Å². The van der Waals surface area contributed by atoms with Crippen LogP contribution in [0.25, 0.3) is 0 Å². The average molecular weight is 300 g/mol. The average Bonchev–Trinajstić information content (AvgIpc) is 3.04. The lowest BCUT2D eigenvalue weighted by Crippen LogP contribution is -2.27. The summed E-state index contributed by atoms with van der Waals surface area (Å²) in [4.78, 5) is 11.5. The van der Waals surface area contributed by atoms with Crippen molar-refractivity contribution in [2.75, 3.05) is 11.4 Å². The van der Waals surface area contributed by atoms with Crippen LogP contribution in [0.5, 0.6) is 0 Å². The maximum Gasteiger partial charge on any atom is 0.226 e. The zero-order valence-electron chi connectivity index (χ0n) is 13.8. The van der Waals surface area contributed by atoms with Crippen molar-refractivity contribution in [3.8, 4) is 0 Å². The number of hydrogen-bond donors (Lipinski definition) is 0. The Morgan fingerprint density at radius 1 is 1.23 bits per heavy atom. The fourth-order valence-electron chi connectivity index (χ4n) is 3.17. The van der Waals surface area contributed by atoms with Crippen LogP contribution in [0.4, 0.5) is 5.95 Å². The second-order valence-electron chi connectivity index (χ2n) is 6.54. The molecule has 1 fully saturated rings. The number of hydrogen-bond acceptors (Lipinski definition) is 5. The summed E-state index contributed by atoms with van der Waals surface area (Å²) in [6.07, 6.45) is 4.05. The molecule has 0 radical (unpaired) electrons. The van der Waals surface area contributed by atoms with Gasteiger partial charge in [-0.3, -0.25) is 0 Å². The van der Waals surface area contributed by atoms with Gasteiger partial charge in [0.25, 0.3) is 0 Å². The van der Waals surface area contributed by atoms with E-state index < -0.39 is 0 Å². The Labute approximate surface area is 131 Å². The third kappa shape index (κ3) is 2.96. The lowest BCUT2D eigenvalue weighted by atomic mass is 10.2. The molecular formula is C16H24N6. The van der Waals surface area contributed by atoms with Gasteiger partial charge in [-0.15, -0.1) is 10.2 Å². The summed E-state index contributed by atoms with van der Waals surface area (Å²) in [6.45, 7) is 10.4. The summed E-state index contributed by atoms with van der Waals surface area (Å²) in [5.41, 5.74) is 2.02. The van der Waals surface area contributed by atoms with Gasteiger partial charge in [0.2, 0.25) is 5.95 Å². The predicted octanol–water partition coefficient (Wildman–Crippen LogP) is 2.68. The van der Waals surface area contributed by atoms with Crippen LogP contribution in [-0.2, 0) is 6.54 Å². The molecule has 0 saturated carbocycles. The molecule has 6 nitrogen and oxygen atoms in total. The number of anilines is 1. The first-order chi connectivity index (χ1) is 10.5. The van der Waals surface area contributed by atoms with E-state index in [0.717, 1.165) is 49.1 Å². The van der Waals surface area contributed by atoms with Gasteiger partial charge in [-0.2, -0.15) is 0 Å². The highest BCUT2D eigenvalue weighted by atomic mass is 15.3. The topological polar surface area (TPSA) is 59.7 Å². The molecule has 118 valence electrons. The van der Waals surface area contributed by atoms with Crippen molar-refractivity contribution in [2.24, 2.45) is 5.92 Å². The van der Waals surface area contributed by atoms with Crippen LogP contribution in [0.3, 0.4) is 0 Å². The molecule has 3 heterocycles. The van der Waals surface area contributed by atoms with E-state index in [0.29, 0.717) is 5.92 Å². The van der Waals surface area contributed by atoms with Crippen LogP contribution in [0, 0.1) is 19.8 Å². The Balaban J connectivity index is 1.92. The van der Waals surface area contributed by atoms with E-state index in [1.165, 1.54) is 0 Å². The van der Waals surface area contributed by atoms with Crippen molar-refractivity contribution in [3.05, 3.63) is 29.6 Å². The second kappa shape index (κ2) is 6.02. The smallest absolute Gasteiger partial charge is 0.226 e. The summed E-state index contributed by atoms with van der Waals surface area (Å²) >= 11 is 0. The quantitative estimate of drug-likeness (QED) is 0.869. The van der Waals surface area contributed by atoms with Gasteiger partial charge in [-0.1, -0.05) is 13.8 Å². The first kappa shape index (κ1) is 14.9. The summed E-state index contributed by atoms with van der Waals surface area (Å²) < 4.78 is 2.18. The molecule has 22 heavy (non-hydrogen) atoms. The van der Waals surface area contributed by atoms with E-state index >= 15 is 0 Å². The van der Waals surface area contributed by atoms with Crippen LogP contribution in [0.1, 0.15) is 49.9 Å². The highest BCUT2D eigenvalue weighted by Crippen LogP contribution is 2.33. The molecule has 1 atom stereocenters. The third-order valence-corrected chi connectivity index (χ3v) is 3.99. The largest absolute Gasteiger partial charge is 0.331 e. The molecule has 0 amide bonds. The first-order valence-corrected chi connectivity index (χ1v) is 8.01. The molecular weight excluding hydrogens is 276 g/mol. The van der Waals surface area contributed by atoms with Crippen LogP contribution >= 0.6 is 0 Å². The normalized spacial score (nSPS) is 18.4. The maximum atomic E-state index is 4.62. The zero-order valence-corrected chi connectivity index (χ0v) is 13.8. The Hall–Kier alpha value is -1.98. The predicted molar refractivity (Wildman–Crippen MR) is 85.7 cm³/mol. The Kier molecular flexibility index (Phi) is 4.09. The zero-order chi connectivity index (χ0) is 15.7. The molecule has 1 aliphatic heterocycles. The van der Waals surface area contributed by atoms with Crippen molar-refractivity contribution in [3.63, 3.8) is 0 Å². The van der Waals surface area contributed by atoms with E-state index in [1.807, 2.05) is 26.2 Å². The van der Waals surface area contributed by atoms with Gasteiger partial charge in [0, 0.05) is 24.5 Å². The molecule has 6 heteroatoms. The highest BCUT2D eigenvalue weighted by Gasteiger charge is 2.32. The highest BCUT2D eigenvalue weighted by molar-refractivity contribution is 5.37. The number of aromatic nitrogens is 5. The van der Waals surface area contributed by atoms with Crippen molar-refractivity contribution >= 4 is 5.95 Å². The van der Waals surface area contributed by atoms with E-state index in [2.05, 4.69) is 43.5 Å². The fraction of sp³-hybridized carbons (Fsp3) is 0.625. The van der Waals surface area contributed by atoms with Crippen LogP contribution < -0.4 is 4.90 Å². The fourth-order valence-corrected chi connectivity index (χ4v) is 3.17. The minimum absolute atomic E-state index is 0.224. The van der Waals surface area contributed by atoms with Crippen molar-refractivity contribution < 1.29 is 0 Å². The van der Waals surface area contributed by atoms with Crippen LogP contribution in [0.15, 0.2) is 12.4 Å². The molecule has 0 N–H and O–H groups in total. The molecule has 0 bridgehead atoms. The van der Waals surface area contributed by atoms with Gasteiger partial charge in [-0.25, -0.2) is 9.97 Å². The standard InChI is InChI=1S/C16H24N6/c1-11(2)9-21-10-17-20-15(21)14-6-5-7-22(14)16-18-12(3)8-13(4)19-16/h8,10-11,14H,5-7,9H2,1-4H3. The minimum atomic E-state index is 0.224. The Morgan fingerprint density at radius 3 is 2.64 bits per heavy atom. The van der Waals surface area contributed by atoms with Gasteiger partial charge in [-0.05, 0) is 38.7 Å². The second-order valence-corrected chi connectivity index (χ2v) is 6.54. The van der Waals surface area contributed by atoms with Gasteiger partial charge >= 0.3 is 0 Å². The molecule has 0 spiro atoms. The molecule has 1 aliphatic rings. The van der Waals surface area contributed by atoms with Crippen molar-refractivity contribution in [1.29, 1.82) is 0 Å². The van der Waals surface area contributed by atoms with Gasteiger partial charge in [0.05, 0.1) is 6.04 Å². The lowest BCUT2D eigenvalue weighted by Gasteiger charge is -2.25. The lowest BCUT2D eigenvalue weighted by molar-refractivity contribution is 0.486. The summed E-state index contributed by atoms with van der Waals surface area (Å²) in [5, 5.41) is 8.52. The SMILES string of the molecule is Cc1cc(C)nc(N2CCCC2c2nncn2CC(C)C)n1. The first-order valence-electron chi connectivity index (χ1n) is 8.01. The molecule has 2 aromatic rings. The van der Waals surface area contributed by atoms with Crippen LogP contribution in [0.2, 0.25) is 0 Å². The summed E-state index contributed by atoms with van der Waals surface area (Å²) in [6, 6.07) is 2.23. The number of nitrogens with zero attached hydrogens (tertiary/aromatic N) is 6. The van der Waals surface area contributed by atoms with Gasteiger partial charge < -0.3 is 9.47 Å². The maximum absolute atomic E-state index is 4.62. The van der Waals surface area contributed by atoms with Crippen LogP contribution in [-0.4, -0.2) is 31.3 Å². The van der Waals surface area contributed by atoms with Gasteiger partial charge in [0.1, 0.15) is 6.33 Å². The number of rotatable bonds is 4. The monoisotopic (exact) mass is 300 g/mol. The number of aryl methyl sites for hydroxylation is 2. The molecule has 2 aromatic heterocycles. The Morgan fingerprint density at radius 2 is 1.95 bits per heavy atom. The van der Waals surface area contributed by atoms with Crippen molar-refractivity contribution in [2.45, 2.75) is 53.1 Å². The Bertz CT molecular complexity index is 628. The van der Waals surface area contributed by atoms with Gasteiger partial charge in [0.15, 0.2) is 5.82 Å². The summed E-state index contributed by atoms with van der Waals surface area (Å²) in [5.74, 6) is 2.43. The van der Waals surface area contributed by atoms with Crippen molar-refractivity contribution in [1.82, 2.24) is 24.7 Å². The molecule has 0 aliphatic carbocycles. The minimum Gasteiger partial charge on any atom is -0.331 e. The molecule has 3 rings (SSSR count). The summed E-state index contributed by atoms with van der Waals surface area (Å²) in [7, 11) is 0. The van der Waals surface area contributed by atoms with E-state index in [-0.39, 0.29) is 6.04 Å². The van der Waals surface area contributed by atoms with E-state index in [9.17, 15) is 0 Å². The van der Waals surface area contributed by atoms with E-state index in [4.69, 9.17) is 0 Å².